The van der Waals surface area contributed by atoms with Crippen LogP contribution < -0.4 is 10.5 Å². The van der Waals surface area contributed by atoms with Crippen LogP contribution >= 0.6 is 0 Å². The van der Waals surface area contributed by atoms with Gasteiger partial charge in [-0.15, -0.1) is 0 Å². The van der Waals surface area contributed by atoms with Gasteiger partial charge >= 0.3 is 0 Å². The van der Waals surface area contributed by atoms with E-state index in [4.69, 9.17) is 15.2 Å². The van der Waals surface area contributed by atoms with Crippen LogP contribution in [0.1, 0.15) is 31.7 Å². The highest BCUT2D eigenvalue weighted by Crippen LogP contribution is 2.18. The average molecular weight is 249 g/mol. The van der Waals surface area contributed by atoms with Gasteiger partial charge < -0.3 is 15.2 Å². The van der Waals surface area contributed by atoms with E-state index in [1.807, 2.05) is 19.1 Å². The molecular formula is C15H23NO2. The van der Waals surface area contributed by atoms with E-state index in [9.17, 15) is 0 Å². The maximum Gasteiger partial charge on any atom is 0.122 e. The predicted octanol–water partition coefficient (Wildman–Crippen LogP) is 2.52. The number of hydrogen-bond acceptors (Lipinski definition) is 3. The lowest BCUT2D eigenvalue weighted by Gasteiger charge is -2.23. The van der Waals surface area contributed by atoms with Crippen LogP contribution in [0.4, 0.5) is 0 Å². The van der Waals surface area contributed by atoms with Crippen LogP contribution in [0.15, 0.2) is 24.3 Å². The number of nitrogens with two attached hydrogens (primary N) is 1. The Morgan fingerprint density at radius 2 is 2.17 bits per heavy atom. The van der Waals surface area contributed by atoms with Crippen LogP contribution in [-0.2, 0) is 11.2 Å². The van der Waals surface area contributed by atoms with Crippen molar-refractivity contribution < 1.29 is 9.47 Å². The molecule has 2 N–H and O–H groups in total. The minimum Gasteiger partial charge on any atom is -0.488 e. The van der Waals surface area contributed by atoms with Crippen molar-refractivity contribution in [2.75, 3.05) is 13.2 Å². The van der Waals surface area contributed by atoms with E-state index < -0.39 is 0 Å². The highest BCUT2D eigenvalue weighted by atomic mass is 16.5. The molecule has 2 rings (SSSR count). The van der Waals surface area contributed by atoms with Crippen molar-refractivity contribution in [2.24, 2.45) is 5.73 Å². The van der Waals surface area contributed by atoms with Crippen molar-refractivity contribution in [3.05, 3.63) is 29.8 Å². The minimum atomic E-state index is 0.216. The summed E-state index contributed by atoms with van der Waals surface area (Å²) in [7, 11) is 0. The van der Waals surface area contributed by atoms with Crippen LogP contribution in [0.3, 0.4) is 0 Å². The van der Waals surface area contributed by atoms with E-state index in [0.717, 1.165) is 38.0 Å². The summed E-state index contributed by atoms with van der Waals surface area (Å²) in [5, 5.41) is 0. The third kappa shape index (κ3) is 4.31. The van der Waals surface area contributed by atoms with Crippen LogP contribution in [0.5, 0.6) is 5.75 Å². The molecule has 0 saturated carbocycles. The molecule has 0 aromatic heterocycles. The second-order valence-electron chi connectivity index (χ2n) is 5.12. The third-order valence-corrected chi connectivity index (χ3v) is 3.23. The molecule has 1 aromatic rings. The first kappa shape index (κ1) is 13.4. The second kappa shape index (κ2) is 6.76. The molecule has 18 heavy (non-hydrogen) atoms. The topological polar surface area (TPSA) is 44.5 Å². The molecule has 0 radical (unpaired) electrons. The highest BCUT2D eigenvalue weighted by molar-refractivity contribution is 5.27. The summed E-state index contributed by atoms with van der Waals surface area (Å²) in [5.41, 5.74) is 7.07. The Labute approximate surface area is 109 Å². The molecule has 2 atom stereocenters. The van der Waals surface area contributed by atoms with Crippen molar-refractivity contribution >= 4 is 0 Å². The van der Waals surface area contributed by atoms with Gasteiger partial charge in [-0.25, -0.2) is 0 Å². The normalized spacial score (nSPS) is 21.6. The molecule has 3 heteroatoms. The lowest BCUT2D eigenvalue weighted by atomic mass is 10.1. The first-order valence-corrected chi connectivity index (χ1v) is 6.83. The number of ether oxygens (including phenoxy) is 2. The smallest absolute Gasteiger partial charge is 0.122 e. The highest BCUT2D eigenvalue weighted by Gasteiger charge is 2.15. The Bertz CT molecular complexity index is 342. The van der Waals surface area contributed by atoms with Crippen molar-refractivity contribution in [3.8, 4) is 5.75 Å². The molecule has 1 fully saturated rings. The van der Waals surface area contributed by atoms with E-state index in [1.165, 1.54) is 5.56 Å². The summed E-state index contributed by atoms with van der Waals surface area (Å²) in [6, 6.07) is 8.61. The maximum absolute atomic E-state index is 5.89. The van der Waals surface area contributed by atoms with Gasteiger partial charge in [0.2, 0.25) is 0 Å². The average Bonchev–Trinajstić information content (AvgIpc) is 2.39. The summed E-state index contributed by atoms with van der Waals surface area (Å²) in [6.45, 7) is 3.63. The molecule has 0 bridgehead atoms. The van der Waals surface area contributed by atoms with Crippen molar-refractivity contribution in [3.63, 3.8) is 0 Å². The quantitative estimate of drug-likeness (QED) is 0.872. The van der Waals surface area contributed by atoms with Crippen molar-refractivity contribution in [2.45, 2.75) is 44.8 Å². The monoisotopic (exact) mass is 249 g/mol. The Hall–Kier alpha value is -1.06. The van der Waals surface area contributed by atoms with E-state index in [-0.39, 0.29) is 12.1 Å². The molecule has 1 saturated heterocycles. The molecule has 0 spiro atoms. The standard InChI is InChI=1S/C15H23NO2/c1-12(16)4-5-13-6-8-14(9-7-13)18-15-3-2-10-17-11-15/h6-9,12,15H,2-5,10-11,16H2,1H3. The maximum atomic E-state index is 5.89. The second-order valence-corrected chi connectivity index (χ2v) is 5.12. The van der Waals surface area contributed by atoms with Crippen LogP contribution in [0.2, 0.25) is 0 Å². The van der Waals surface area contributed by atoms with Gasteiger partial charge in [0.25, 0.3) is 0 Å². The molecule has 100 valence electrons. The minimum absolute atomic E-state index is 0.216. The third-order valence-electron chi connectivity index (χ3n) is 3.23. The predicted molar refractivity (Wildman–Crippen MR) is 72.9 cm³/mol. The van der Waals surface area contributed by atoms with Gasteiger partial charge in [-0.2, -0.15) is 0 Å². The Kier molecular flexibility index (Phi) is 5.02. The molecule has 3 nitrogen and oxygen atoms in total. The van der Waals surface area contributed by atoms with Crippen molar-refractivity contribution in [1.29, 1.82) is 0 Å². The van der Waals surface area contributed by atoms with Gasteiger partial charge in [-0.1, -0.05) is 12.1 Å². The van der Waals surface area contributed by atoms with E-state index in [1.54, 1.807) is 0 Å². The summed E-state index contributed by atoms with van der Waals surface area (Å²) in [5.74, 6) is 0.940. The lowest BCUT2D eigenvalue weighted by molar-refractivity contribution is 0.00742. The molecule has 1 aromatic carbocycles. The Balaban J connectivity index is 1.83. The molecule has 1 heterocycles. The fourth-order valence-corrected chi connectivity index (χ4v) is 2.13. The fourth-order valence-electron chi connectivity index (χ4n) is 2.13. The number of rotatable bonds is 5. The van der Waals surface area contributed by atoms with E-state index in [0.29, 0.717) is 6.61 Å². The summed E-state index contributed by atoms with van der Waals surface area (Å²) < 4.78 is 11.3. The van der Waals surface area contributed by atoms with Crippen molar-refractivity contribution in [1.82, 2.24) is 0 Å². The fraction of sp³-hybridized carbons (Fsp3) is 0.600. The van der Waals surface area contributed by atoms with Gasteiger partial charge in [-0.3, -0.25) is 0 Å². The molecular weight excluding hydrogens is 226 g/mol. The molecule has 0 amide bonds. The summed E-state index contributed by atoms with van der Waals surface area (Å²) >= 11 is 0. The molecule has 2 unspecified atom stereocenters. The summed E-state index contributed by atoms with van der Waals surface area (Å²) in [4.78, 5) is 0. The van der Waals surface area contributed by atoms with Gasteiger partial charge in [0, 0.05) is 12.6 Å². The zero-order valence-corrected chi connectivity index (χ0v) is 11.1. The number of benzene rings is 1. The molecule has 0 aliphatic carbocycles. The van der Waals surface area contributed by atoms with E-state index in [2.05, 4.69) is 12.1 Å². The first-order valence-electron chi connectivity index (χ1n) is 6.83. The Morgan fingerprint density at radius 3 is 2.78 bits per heavy atom. The first-order chi connectivity index (χ1) is 8.74. The lowest BCUT2D eigenvalue weighted by Crippen LogP contribution is -2.27. The van der Waals surface area contributed by atoms with E-state index >= 15 is 0 Å². The van der Waals surface area contributed by atoms with Gasteiger partial charge in [0.05, 0.1) is 6.61 Å². The van der Waals surface area contributed by atoms with Gasteiger partial charge in [0.15, 0.2) is 0 Å². The summed E-state index contributed by atoms with van der Waals surface area (Å²) in [6.07, 6.45) is 4.46. The number of aryl methyl sites for hydroxylation is 1. The Morgan fingerprint density at radius 1 is 1.39 bits per heavy atom. The number of hydrogen-bond donors (Lipinski definition) is 1. The largest absolute Gasteiger partial charge is 0.488 e. The SMILES string of the molecule is CC(N)CCc1ccc(OC2CCCOC2)cc1. The van der Waals surface area contributed by atoms with Gasteiger partial charge in [-0.05, 0) is 50.3 Å². The van der Waals surface area contributed by atoms with Crippen LogP contribution in [0.25, 0.3) is 0 Å². The zero-order chi connectivity index (χ0) is 12.8. The zero-order valence-electron chi connectivity index (χ0n) is 11.1. The van der Waals surface area contributed by atoms with Crippen LogP contribution in [0, 0.1) is 0 Å². The molecule has 1 aliphatic heterocycles. The van der Waals surface area contributed by atoms with Crippen LogP contribution in [-0.4, -0.2) is 25.4 Å². The molecule has 1 aliphatic rings. The van der Waals surface area contributed by atoms with Gasteiger partial charge in [0.1, 0.15) is 11.9 Å².